The van der Waals surface area contributed by atoms with Crippen LogP contribution in [0.5, 0.6) is 0 Å². The Kier molecular flexibility index (Phi) is 5.92. The van der Waals surface area contributed by atoms with Gasteiger partial charge in [0, 0.05) is 37.8 Å². The number of rotatable bonds is 6. The third-order valence-electron chi connectivity index (χ3n) is 5.86. The molecule has 1 aliphatic heterocycles. The fraction of sp³-hybridized carbons (Fsp3) is 1.00. The topological polar surface area (TPSA) is 36.5 Å². The average Bonchev–Trinajstić information content (AvgIpc) is 3.20. The van der Waals surface area contributed by atoms with Crippen LogP contribution in [0.25, 0.3) is 0 Å². The maximum atomic E-state index is 5.65. The van der Waals surface area contributed by atoms with Crippen LogP contribution in [-0.4, -0.2) is 62.9 Å². The van der Waals surface area contributed by atoms with E-state index in [-0.39, 0.29) is 0 Å². The molecule has 3 rings (SSSR count). The molecule has 0 radical (unpaired) electrons. The maximum Gasteiger partial charge on any atom is 0.0623 e. The number of hydrogen-bond donors (Lipinski definition) is 2. The Morgan fingerprint density at radius 2 is 2.00 bits per heavy atom. The minimum atomic E-state index is 0.575. The molecule has 122 valence electrons. The third-order valence-corrected chi connectivity index (χ3v) is 5.86. The summed E-state index contributed by atoms with van der Waals surface area (Å²) in [6, 6.07) is 2.12. The molecule has 0 aromatic carbocycles. The highest BCUT2D eigenvalue weighted by Gasteiger charge is 2.34. The first kappa shape index (κ1) is 15.7. The SMILES string of the molecule is CN(CCNC1CCCC1C1COCCN1)C1CCCC1. The fourth-order valence-corrected chi connectivity index (χ4v) is 4.54. The predicted octanol–water partition coefficient (Wildman–Crippen LogP) is 1.61. The Labute approximate surface area is 130 Å². The summed E-state index contributed by atoms with van der Waals surface area (Å²) in [4.78, 5) is 2.58. The quantitative estimate of drug-likeness (QED) is 0.780. The zero-order chi connectivity index (χ0) is 14.5. The van der Waals surface area contributed by atoms with Crippen molar-refractivity contribution in [2.24, 2.45) is 5.92 Å². The predicted molar refractivity (Wildman–Crippen MR) is 86.6 cm³/mol. The lowest BCUT2D eigenvalue weighted by molar-refractivity contribution is 0.0523. The molecule has 3 atom stereocenters. The molecule has 21 heavy (non-hydrogen) atoms. The molecule has 0 spiro atoms. The van der Waals surface area contributed by atoms with E-state index in [4.69, 9.17) is 4.74 Å². The second-order valence-corrected chi connectivity index (χ2v) is 7.21. The lowest BCUT2D eigenvalue weighted by atomic mass is 9.94. The van der Waals surface area contributed by atoms with Gasteiger partial charge in [-0.1, -0.05) is 19.3 Å². The van der Waals surface area contributed by atoms with E-state index >= 15 is 0 Å². The van der Waals surface area contributed by atoms with E-state index in [9.17, 15) is 0 Å². The fourth-order valence-electron chi connectivity index (χ4n) is 4.54. The van der Waals surface area contributed by atoms with Gasteiger partial charge in [-0.05, 0) is 38.6 Å². The molecule has 2 aliphatic carbocycles. The summed E-state index contributed by atoms with van der Waals surface area (Å²) in [5, 5.41) is 7.51. The highest BCUT2D eigenvalue weighted by molar-refractivity contribution is 4.92. The highest BCUT2D eigenvalue weighted by Crippen LogP contribution is 2.29. The van der Waals surface area contributed by atoms with E-state index in [0.717, 1.165) is 38.3 Å². The average molecular weight is 295 g/mol. The highest BCUT2D eigenvalue weighted by atomic mass is 16.5. The van der Waals surface area contributed by atoms with Gasteiger partial charge < -0.3 is 20.3 Å². The van der Waals surface area contributed by atoms with Crippen LogP contribution in [0, 0.1) is 5.92 Å². The first-order chi connectivity index (χ1) is 10.3. The van der Waals surface area contributed by atoms with Crippen molar-refractivity contribution >= 4 is 0 Å². The molecule has 0 amide bonds. The molecule has 3 fully saturated rings. The Bertz CT molecular complexity index is 300. The molecule has 0 bridgehead atoms. The van der Waals surface area contributed by atoms with Crippen LogP contribution >= 0.6 is 0 Å². The monoisotopic (exact) mass is 295 g/mol. The molecule has 1 saturated heterocycles. The van der Waals surface area contributed by atoms with Crippen LogP contribution in [0.4, 0.5) is 0 Å². The molecular weight excluding hydrogens is 262 g/mol. The standard InChI is InChI=1S/C17H33N3O/c1-20(14-5-2-3-6-14)11-9-18-16-8-4-7-15(16)17-13-21-12-10-19-17/h14-19H,2-13H2,1H3. The first-order valence-corrected chi connectivity index (χ1v) is 9.09. The van der Waals surface area contributed by atoms with Crippen molar-refractivity contribution in [2.45, 2.75) is 63.1 Å². The first-order valence-electron chi connectivity index (χ1n) is 9.09. The Balaban J connectivity index is 1.39. The maximum absolute atomic E-state index is 5.65. The van der Waals surface area contributed by atoms with Gasteiger partial charge in [0.1, 0.15) is 0 Å². The van der Waals surface area contributed by atoms with Crippen molar-refractivity contribution in [3.8, 4) is 0 Å². The van der Waals surface area contributed by atoms with Crippen LogP contribution in [0.3, 0.4) is 0 Å². The number of nitrogens with one attached hydrogen (secondary N) is 2. The van der Waals surface area contributed by atoms with Crippen LogP contribution < -0.4 is 10.6 Å². The van der Waals surface area contributed by atoms with Gasteiger partial charge >= 0.3 is 0 Å². The molecule has 4 heteroatoms. The van der Waals surface area contributed by atoms with E-state index in [1.165, 1.54) is 51.5 Å². The summed E-state index contributed by atoms with van der Waals surface area (Å²) < 4.78 is 5.65. The van der Waals surface area contributed by atoms with Gasteiger partial charge in [-0.3, -0.25) is 0 Å². The van der Waals surface area contributed by atoms with Crippen LogP contribution in [0.15, 0.2) is 0 Å². The third kappa shape index (κ3) is 4.19. The van der Waals surface area contributed by atoms with Crippen molar-refractivity contribution in [1.82, 2.24) is 15.5 Å². The minimum absolute atomic E-state index is 0.575. The summed E-state index contributed by atoms with van der Waals surface area (Å²) in [6.45, 7) is 5.15. The van der Waals surface area contributed by atoms with E-state index in [0.29, 0.717) is 12.1 Å². The van der Waals surface area contributed by atoms with Crippen LogP contribution in [0.1, 0.15) is 44.9 Å². The number of hydrogen-bond acceptors (Lipinski definition) is 4. The van der Waals surface area contributed by atoms with Gasteiger partial charge in [-0.15, -0.1) is 0 Å². The minimum Gasteiger partial charge on any atom is -0.379 e. The van der Waals surface area contributed by atoms with Gasteiger partial charge in [0.2, 0.25) is 0 Å². The molecule has 0 aromatic rings. The second-order valence-electron chi connectivity index (χ2n) is 7.21. The summed E-state index contributed by atoms with van der Waals surface area (Å²) in [5.41, 5.74) is 0. The van der Waals surface area contributed by atoms with E-state index < -0.39 is 0 Å². The molecule has 4 nitrogen and oxygen atoms in total. The molecule has 0 aromatic heterocycles. The Hall–Kier alpha value is -0.160. The Morgan fingerprint density at radius 1 is 1.14 bits per heavy atom. The van der Waals surface area contributed by atoms with Crippen LogP contribution in [0.2, 0.25) is 0 Å². The zero-order valence-electron chi connectivity index (χ0n) is 13.7. The molecule has 2 saturated carbocycles. The molecular formula is C17H33N3O. The smallest absolute Gasteiger partial charge is 0.0623 e. The largest absolute Gasteiger partial charge is 0.379 e. The lowest BCUT2D eigenvalue weighted by Crippen LogP contribution is -2.51. The zero-order valence-corrected chi connectivity index (χ0v) is 13.7. The summed E-state index contributed by atoms with van der Waals surface area (Å²) in [5.74, 6) is 0.766. The van der Waals surface area contributed by atoms with Gasteiger partial charge in [-0.2, -0.15) is 0 Å². The number of morpholine rings is 1. The molecule has 3 aliphatic rings. The van der Waals surface area contributed by atoms with E-state index in [2.05, 4.69) is 22.6 Å². The molecule has 2 N–H and O–H groups in total. The summed E-state index contributed by atoms with van der Waals surface area (Å²) in [6.07, 6.45) is 9.75. The number of nitrogens with zero attached hydrogens (tertiary/aromatic N) is 1. The van der Waals surface area contributed by atoms with Crippen molar-refractivity contribution in [2.75, 3.05) is 39.9 Å². The van der Waals surface area contributed by atoms with Crippen molar-refractivity contribution < 1.29 is 4.74 Å². The van der Waals surface area contributed by atoms with Gasteiger partial charge in [0.25, 0.3) is 0 Å². The van der Waals surface area contributed by atoms with E-state index in [1.54, 1.807) is 0 Å². The van der Waals surface area contributed by atoms with Crippen molar-refractivity contribution in [3.05, 3.63) is 0 Å². The molecule has 1 heterocycles. The van der Waals surface area contributed by atoms with Crippen molar-refractivity contribution in [1.29, 1.82) is 0 Å². The van der Waals surface area contributed by atoms with Crippen molar-refractivity contribution in [3.63, 3.8) is 0 Å². The van der Waals surface area contributed by atoms with E-state index in [1.807, 2.05) is 0 Å². The second kappa shape index (κ2) is 7.91. The summed E-state index contributed by atoms with van der Waals surface area (Å²) in [7, 11) is 2.31. The normalized spacial score (nSPS) is 34.9. The van der Waals surface area contributed by atoms with Crippen LogP contribution in [-0.2, 0) is 4.74 Å². The van der Waals surface area contributed by atoms with Gasteiger partial charge in [0.15, 0.2) is 0 Å². The Morgan fingerprint density at radius 3 is 2.76 bits per heavy atom. The number of likely N-dealkylation sites (N-methyl/N-ethyl adjacent to an activating group) is 1. The van der Waals surface area contributed by atoms with Gasteiger partial charge in [-0.25, -0.2) is 0 Å². The molecule has 3 unspecified atom stereocenters. The van der Waals surface area contributed by atoms with Gasteiger partial charge in [0.05, 0.1) is 13.2 Å². The summed E-state index contributed by atoms with van der Waals surface area (Å²) >= 11 is 0. The number of ether oxygens (including phenoxy) is 1. The lowest BCUT2D eigenvalue weighted by Gasteiger charge is -2.33.